The van der Waals surface area contributed by atoms with Crippen molar-refractivity contribution in [3.05, 3.63) is 29.8 Å². The molecule has 1 aliphatic carbocycles. The summed E-state index contributed by atoms with van der Waals surface area (Å²) in [6.45, 7) is 0.696. The molecular weight excluding hydrogens is 179 g/mol. The third-order valence-corrected chi connectivity index (χ3v) is 3.12. The van der Waals surface area contributed by atoms with E-state index in [0.29, 0.717) is 18.4 Å². The molecule has 2 nitrogen and oxygen atoms in total. The molecular formula is C11H15FN2. The summed E-state index contributed by atoms with van der Waals surface area (Å²) in [5, 5.41) is 0. The summed E-state index contributed by atoms with van der Waals surface area (Å²) in [5.41, 5.74) is 6.70. The quantitative estimate of drug-likeness (QED) is 0.782. The first-order valence-electron chi connectivity index (χ1n) is 5.12. The van der Waals surface area contributed by atoms with E-state index in [1.807, 2.05) is 0 Å². The number of pyridine rings is 1. The Morgan fingerprint density at radius 2 is 2.29 bits per heavy atom. The lowest BCUT2D eigenvalue weighted by atomic mass is 9.90. The van der Waals surface area contributed by atoms with Gasteiger partial charge in [0.25, 0.3) is 0 Å². The van der Waals surface area contributed by atoms with Crippen LogP contribution in [0.3, 0.4) is 0 Å². The zero-order valence-electron chi connectivity index (χ0n) is 8.12. The molecule has 2 atom stereocenters. The lowest BCUT2D eigenvalue weighted by molar-refractivity contribution is 0.491. The van der Waals surface area contributed by atoms with Crippen LogP contribution in [0.5, 0.6) is 0 Å². The number of nitrogens with zero attached hydrogens (tertiary/aromatic N) is 1. The molecule has 1 saturated carbocycles. The van der Waals surface area contributed by atoms with E-state index < -0.39 is 0 Å². The molecule has 1 aliphatic rings. The highest BCUT2D eigenvalue weighted by Gasteiger charge is 2.27. The Bertz CT molecular complexity index is 314. The second kappa shape index (κ2) is 4.05. The molecule has 1 heterocycles. The third kappa shape index (κ3) is 1.77. The van der Waals surface area contributed by atoms with E-state index >= 15 is 0 Å². The van der Waals surface area contributed by atoms with Crippen molar-refractivity contribution < 1.29 is 4.39 Å². The molecule has 0 spiro atoms. The van der Waals surface area contributed by atoms with Crippen LogP contribution in [0, 0.1) is 11.7 Å². The molecule has 3 heteroatoms. The molecule has 2 unspecified atom stereocenters. The maximum absolute atomic E-state index is 13.0. The lowest BCUT2D eigenvalue weighted by Gasteiger charge is -2.17. The van der Waals surface area contributed by atoms with E-state index in [1.165, 1.54) is 12.6 Å². The number of rotatable bonds is 2. The SMILES string of the molecule is NCC1CCCC1c1cncc(F)c1. The van der Waals surface area contributed by atoms with E-state index in [0.717, 1.165) is 18.4 Å². The first kappa shape index (κ1) is 9.59. The van der Waals surface area contributed by atoms with Gasteiger partial charge in [0.15, 0.2) is 0 Å². The average molecular weight is 194 g/mol. The molecule has 76 valence electrons. The van der Waals surface area contributed by atoms with Crippen LogP contribution in [0.1, 0.15) is 30.7 Å². The Morgan fingerprint density at radius 3 is 3.00 bits per heavy atom. The Hall–Kier alpha value is -0.960. The molecule has 1 aromatic rings. The lowest BCUT2D eigenvalue weighted by Crippen LogP contribution is -2.17. The summed E-state index contributed by atoms with van der Waals surface area (Å²) in [4.78, 5) is 3.88. The Labute approximate surface area is 83.3 Å². The minimum atomic E-state index is -0.245. The van der Waals surface area contributed by atoms with Crippen LogP contribution in [0.25, 0.3) is 0 Å². The largest absolute Gasteiger partial charge is 0.330 e. The van der Waals surface area contributed by atoms with Gasteiger partial charge in [0, 0.05) is 6.20 Å². The van der Waals surface area contributed by atoms with Gasteiger partial charge in [-0.25, -0.2) is 4.39 Å². The van der Waals surface area contributed by atoms with Crippen LogP contribution >= 0.6 is 0 Å². The summed E-state index contributed by atoms with van der Waals surface area (Å²) in [6, 6.07) is 1.59. The highest BCUT2D eigenvalue weighted by molar-refractivity contribution is 5.18. The molecule has 2 N–H and O–H groups in total. The van der Waals surface area contributed by atoms with E-state index in [9.17, 15) is 4.39 Å². The summed E-state index contributed by atoms with van der Waals surface area (Å²) in [6.07, 6.45) is 6.49. The van der Waals surface area contributed by atoms with Crippen LogP contribution in [0.2, 0.25) is 0 Å². The fourth-order valence-corrected chi connectivity index (χ4v) is 2.39. The highest BCUT2D eigenvalue weighted by atomic mass is 19.1. The molecule has 0 aromatic carbocycles. The number of halogens is 1. The first-order valence-corrected chi connectivity index (χ1v) is 5.12. The highest BCUT2D eigenvalue weighted by Crippen LogP contribution is 2.38. The first-order chi connectivity index (χ1) is 6.81. The van der Waals surface area contributed by atoms with Gasteiger partial charge in [-0.1, -0.05) is 6.42 Å². The van der Waals surface area contributed by atoms with Crippen molar-refractivity contribution in [2.24, 2.45) is 11.7 Å². The average Bonchev–Trinajstić information content (AvgIpc) is 2.65. The fraction of sp³-hybridized carbons (Fsp3) is 0.545. The van der Waals surface area contributed by atoms with Crippen LogP contribution in [0.15, 0.2) is 18.5 Å². The normalized spacial score (nSPS) is 26.7. The summed E-state index contributed by atoms with van der Waals surface area (Å²) in [5.74, 6) is 0.687. The third-order valence-electron chi connectivity index (χ3n) is 3.12. The molecule has 0 aliphatic heterocycles. The number of aromatic nitrogens is 1. The summed E-state index contributed by atoms with van der Waals surface area (Å²) < 4.78 is 13.0. The standard InChI is InChI=1S/C11H15FN2/c12-10-4-9(6-14-7-10)11-3-1-2-8(11)5-13/h4,6-8,11H,1-3,5,13H2. The Kier molecular flexibility index (Phi) is 2.77. The molecule has 0 radical (unpaired) electrons. The van der Waals surface area contributed by atoms with Gasteiger partial charge >= 0.3 is 0 Å². The maximum Gasteiger partial charge on any atom is 0.141 e. The second-order valence-electron chi connectivity index (χ2n) is 3.97. The predicted molar refractivity (Wildman–Crippen MR) is 53.3 cm³/mol. The molecule has 2 rings (SSSR count). The maximum atomic E-state index is 13.0. The zero-order chi connectivity index (χ0) is 9.97. The van der Waals surface area contributed by atoms with E-state index in [-0.39, 0.29) is 5.82 Å². The molecule has 1 fully saturated rings. The number of hydrogen-bond acceptors (Lipinski definition) is 2. The van der Waals surface area contributed by atoms with Gasteiger partial charge in [-0.05, 0) is 42.9 Å². The van der Waals surface area contributed by atoms with Crippen LogP contribution in [-0.2, 0) is 0 Å². The van der Waals surface area contributed by atoms with Crippen LogP contribution in [0.4, 0.5) is 4.39 Å². The van der Waals surface area contributed by atoms with Crippen molar-refractivity contribution in [2.75, 3.05) is 6.54 Å². The van der Waals surface area contributed by atoms with Gasteiger partial charge in [-0.3, -0.25) is 4.98 Å². The van der Waals surface area contributed by atoms with E-state index in [4.69, 9.17) is 5.73 Å². The number of nitrogens with two attached hydrogens (primary N) is 1. The van der Waals surface area contributed by atoms with Crippen LogP contribution < -0.4 is 5.73 Å². The van der Waals surface area contributed by atoms with Crippen LogP contribution in [-0.4, -0.2) is 11.5 Å². The minimum absolute atomic E-state index is 0.245. The predicted octanol–water partition coefficient (Wildman–Crippen LogP) is 2.06. The van der Waals surface area contributed by atoms with E-state index in [2.05, 4.69) is 4.98 Å². The van der Waals surface area contributed by atoms with Crippen molar-refractivity contribution in [3.63, 3.8) is 0 Å². The Morgan fingerprint density at radius 1 is 1.43 bits per heavy atom. The summed E-state index contributed by atoms with van der Waals surface area (Å²) >= 11 is 0. The van der Waals surface area contributed by atoms with Crippen molar-refractivity contribution in [3.8, 4) is 0 Å². The molecule has 0 amide bonds. The van der Waals surface area contributed by atoms with Crippen molar-refractivity contribution in [2.45, 2.75) is 25.2 Å². The van der Waals surface area contributed by atoms with E-state index in [1.54, 1.807) is 12.3 Å². The van der Waals surface area contributed by atoms with Crippen molar-refractivity contribution in [1.82, 2.24) is 4.98 Å². The van der Waals surface area contributed by atoms with Gasteiger partial charge in [0.1, 0.15) is 5.82 Å². The van der Waals surface area contributed by atoms with Crippen molar-refractivity contribution in [1.29, 1.82) is 0 Å². The van der Waals surface area contributed by atoms with Gasteiger partial charge in [-0.15, -0.1) is 0 Å². The monoisotopic (exact) mass is 194 g/mol. The van der Waals surface area contributed by atoms with Gasteiger partial charge in [-0.2, -0.15) is 0 Å². The topological polar surface area (TPSA) is 38.9 Å². The minimum Gasteiger partial charge on any atom is -0.330 e. The number of hydrogen-bond donors (Lipinski definition) is 1. The second-order valence-corrected chi connectivity index (χ2v) is 3.97. The molecule has 1 aromatic heterocycles. The van der Waals surface area contributed by atoms with Gasteiger partial charge in [0.2, 0.25) is 0 Å². The van der Waals surface area contributed by atoms with Gasteiger partial charge < -0.3 is 5.73 Å². The Balaban J connectivity index is 2.21. The molecule has 0 saturated heterocycles. The molecule has 0 bridgehead atoms. The summed E-state index contributed by atoms with van der Waals surface area (Å²) in [7, 11) is 0. The smallest absolute Gasteiger partial charge is 0.141 e. The van der Waals surface area contributed by atoms with Crippen molar-refractivity contribution >= 4 is 0 Å². The van der Waals surface area contributed by atoms with Gasteiger partial charge in [0.05, 0.1) is 6.20 Å². The zero-order valence-corrected chi connectivity index (χ0v) is 8.12. The fourth-order valence-electron chi connectivity index (χ4n) is 2.39. The molecule has 14 heavy (non-hydrogen) atoms.